The van der Waals surface area contributed by atoms with Crippen molar-refractivity contribution in [3.8, 4) is 0 Å². The van der Waals surface area contributed by atoms with Crippen molar-refractivity contribution in [2.24, 2.45) is 0 Å². The average molecular weight is 975 g/mol. The minimum atomic E-state index is -1.91. The second kappa shape index (κ2) is 45.8. The number of unbranched alkanes of at least 4 members (excludes halogenated alkanes) is 24. The second-order valence-corrected chi connectivity index (χ2v) is 18.8. The SMILES string of the molecule is CC/C=C\C/C=C\C/C=C\CCCCCC(=O)OC1C(OCC(COC(=O)CCCCCCC/C=C\CCCCCC)OC(=O)CCCCCCCCCCCCCCC)OC(C(=O)O)C(O)C1O. The standard InChI is InChI=1S/C57H98O12/c1-4-7-10-13-16-19-22-25-28-31-34-37-40-43-49(58)65-46-48(67-50(59)44-41-38-35-32-29-26-23-20-17-14-11-8-5-2)47-66-57-55(53(62)52(61)54(69-57)56(63)64)68-51(60)45-42-39-36-33-30-27-24-21-18-15-12-9-6-3/h9,12,18-19,21-22,27,30,48,52-55,57,61-62H,4-8,10-11,13-17,20,23-26,28-29,31-47H2,1-3H3,(H,63,64)/b12-9-,21-18-,22-19-,30-27-. The van der Waals surface area contributed by atoms with Gasteiger partial charge in [-0.15, -0.1) is 0 Å². The number of hydrogen-bond donors (Lipinski definition) is 3. The Morgan fingerprint density at radius 3 is 1.43 bits per heavy atom. The molecule has 1 saturated heterocycles. The van der Waals surface area contributed by atoms with Crippen LogP contribution in [0.3, 0.4) is 0 Å². The van der Waals surface area contributed by atoms with Gasteiger partial charge in [0.15, 0.2) is 24.6 Å². The van der Waals surface area contributed by atoms with Gasteiger partial charge in [0.1, 0.15) is 18.8 Å². The Bertz CT molecular complexity index is 1390. The zero-order chi connectivity index (χ0) is 50.4. The predicted molar refractivity (Wildman–Crippen MR) is 276 cm³/mol. The third-order valence-electron chi connectivity index (χ3n) is 12.4. The highest BCUT2D eigenvalue weighted by Gasteiger charge is 2.50. The first-order chi connectivity index (χ1) is 33.6. The Balaban J connectivity index is 2.74. The summed E-state index contributed by atoms with van der Waals surface area (Å²) in [5.41, 5.74) is 0. The molecular weight excluding hydrogens is 877 g/mol. The number of hydrogen-bond acceptors (Lipinski definition) is 11. The molecule has 0 radical (unpaired) electrons. The molecular formula is C57H98O12. The van der Waals surface area contributed by atoms with Crippen LogP contribution in [0.5, 0.6) is 0 Å². The van der Waals surface area contributed by atoms with Crippen LogP contribution in [0.4, 0.5) is 0 Å². The number of esters is 3. The van der Waals surface area contributed by atoms with Gasteiger partial charge in [-0.3, -0.25) is 14.4 Å². The van der Waals surface area contributed by atoms with Crippen LogP contribution in [-0.2, 0) is 42.9 Å². The Hall–Kier alpha value is -3.32. The first kappa shape index (κ1) is 63.7. The monoisotopic (exact) mass is 975 g/mol. The van der Waals surface area contributed by atoms with E-state index in [1.165, 1.54) is 83.5 Å². The molecule has 0 aliphatic carbocycles. The van der Waals surface area contributed by atoms with Crippen molar-refractivity contribution in [1.82, 2.24) is 0 Å². The summed E-state index contributed by atoms with van der Waals surface area (Å²) in [4.78, 5) is 50.9. The molecule has 0 bridgehead atoms. The van der Waals surface area contributed by atoms with Crippen LogP contribution in [0.15, 0.2) is 48.6 Å². The third kappa shape index (κ3) is 36.3. The molecule has 398 valence electrons. The van der Waals surface area contributed by atoms with E-state index in [9.17, 15) is 34.5 Å². The molecule has 0 amide bonds. The summed E-state index contributed by atoms with van der Waals surface area (Å²) in [5, 5.41) is 31.4. The van der Waals surface area contributed by atoms with Gasteiger partial charge >= 0.3 is 23.9 Å². The molecule has 12 nitrogen and oxygen atoms in total. The fourth-order valence-corrected chi connectivity index (χ4v) is 8.14. The molecule has 0 spiro atoms. The van der Waals surface area contributed by atoms with E-state index in [-0.39, 0.29) is 25.9 Å². The van der Waals surface area contributed by atoms with Gasteiger partial charge < -0.3 is 39.0 Å². The molecule has 0 aromatic heterocycles. The van der Waals surface area contributed by atoms with Gasteiger partial charge in [-0.2, -0.15) is 0 Å². The molecule has 1 heterocycles. The van der Waals surface area contributed by atoms with Crippen molar-refractivity contribution < 1.29 is 58.2 Å². The number of aliphatic hydroxyl groups excluding tert-OH is 2. The molecule has 1 fully saturated rings. The van der Waals surface area contributed by atoms with Crippen molar-refractivity contribution in [2.75, 3.05) is 13.2 Å². The lowest BCUT2D eigenvalue weighted by atomic mass is 9.98. The first-order valence-corrected chi connectivity index (χ1v) is 27.6. The molecule has 0 saturated carbocycles. The number of rotatable bonds is 46. The minimum Gasteiger partial charge on any atom is -0.479 e. The summed E-state index contributed by atoms with van der Waals surface area (Å²) in [7, 11) is 0. The Morgan fingerprint density at radius 1 is 0.493 bits per heavy atom. The molecule has 1 aliphatic rings. The Kier molecular flexibility index (Phi) is 42.3. The summed E-state index contributed by atoms with van der Waals surface area (Å²) >= 11 is 0. The van der Waals surface area contributed by atoms with Crippen LogP contribution in [0, 0.1) is 0 Å². The summed E-state index contributed by atoms with van der Waals surface area (Å²) in [6.45, 7) is 5.83. The molecule has 6 unspecified atom stereocenters. The number of allylic oxidation sites excluding steroid dienone is 8. The summed E-state index contributed by atoms with van der Waals surface area (Å²) in [5.74, 6) is -3.16. The van der Waals surface area contributed by atoms with E-state index in [4.69, 9.17) is 23.7 Å². The highest BCUT2D eigenvalue weighted by molar-refractivity contribution is 5.74. The maximum absolute atomic E-state index is 13.1. The van der Waals surface area contributed by atoms with E-state index in [1.807, 2.05) is 0 Å². The van der Waals surface area contributed by atoms with E-state index in [0.29, 0.717) is 19.3 Å². The smallest absolute Gasteiger partial charge is 0.335 e. The average Bonchev–Trinajstić information content (AvgIpc) is 3.33. The minimum absolute atomic E-state index is 0.0259. The van der Waals surface area contributed by atoms with E-state index in [2.05, 4.69) is 69.4 Å². The summed E-state index contributed by atoms with van der Waals surface area (Å²) in [6.07, 6.45) is 40.9. The lowest BCUT2D eigenvalue weighted by molar-refractivity contribution is -0.301. The molecule has 69 heavy (non-hydrogen) atoms. The van der Waals surface area contributed by atoms with E-state index in [0.717, 1.165) is 96.3 Å². The molecule has 1 rings (SSSR count). The highest BCUT2D eigenvalue weighted by atomic mass is 16.7. The second-order valence-electron chi connectivity index (χ2n) is 18.8. The van der Waals surface area contributed by atoms with Crippen molar-refractivity contribution in [3.05, 3.63) is 48.6 Å². The van der Waals surface area contributed by atoms with Crippen LogP contribution in [0.2, 0.25) is 0 Å². The zero-order valence-corrected chi connectivity index (χ0v) is 43.6. The van der Waals surface area contributed by atoms with Crippen molar-refractivity contribution in [2.45, 2.75) is 276 Å². The number of carboxylic acids is 1. The topological polar surface area (TPSA) is 175 Å². The van der Waals surface area contributed by atoms with Gasteiger partial charge in [0.2, 0.25) is 0 Å². The highest BCUT2D eigenvalue weighted by Crippen LogP contribution is 2.26. The van der Waals surface area contributed by atoms with E-state index in [1.54, 1.807) is 0 Å². The third-order valence-corrected chi connectivity index (χ3v) is 12.4. The molecule has 1 aliphatic heterocycles. The number of carbonyl (C=O) groups excluding carboxylic acids is 3. The van der Waals surface area contributed by atoms with Crippen LogP contribution in [-0.4, -0.2) is 89.2 Å². The molecule has 12 heteroatoms. The van der Waals surface area contributed by atoms with Gasteiger partial charge in [0, 0.05) is 19.3 Å². The van der Waals surface area contributed by atoms with Crippen LogP contribution >= 0.6 is 0 Å². The maximum atomic E-state index is 13.1. The number of carboxylic acid groups (broad SMARTS) is 1. The number of carbonyl (C=O) groups is 4. The Labute approximate surface area is 418 Å². The largest absolute Gasteiger partial charge is 0.479 e. The lowest BCUT2D eigenvalue weighted by Crippen LogP contribution is -2.61. The van der Waals surface area contributed by atoms with Gasteiger partial charge in [-0.1, -0.05) is 191 Å². The zero-order valence-electron chi connectivity index (χ0n) is 43.6. The fraction of sp³-hybridized carbons (Fsp3) is 0.789. The summed E-state index contributed by atoms with van der Waals surface area (Å²) in [6, 6.07) is 0. The van der Waals surface area contributed by atoms with Crippen LogP contribution in [0.1, 0.15) is 239 Å². The Morgan fingerprint density at radius 2 is 0.913 bits per heavy atom. The van der Waals surface area contributed by atoms with E-state index >= 15 is 0 Å². The van der Waals surface area contributed by atoms with Gasteiger partial charge in [-0.05, 0) is 77.0 Å². The van der Waals surface area contributed by atoms with Crippen molar-refractivity contribution in [3.63, 3.8) is 0 Å². The quantitative estimate of drug-likeness (QED) is 0.0228. The molecule has 6 atom stereocenters. The van der Waals surface area contributed by atoms with Crippen LogP contribution < -0.4 is 0 Å². The van der Waals surface area contributed by atoms with Gasteiger partial charge in [0.05, 0.1) is 6.61 Å². The van der Waals surface area contributed by atoms with Gasteiger partial charge in [-0.25, -0.2) is 4.79 Å². The van der Waals surface area contributed by atoms with Crippen molar-refractivity contribution in [1.29, 1.82) is 0 Å². The fourth-order valence-electron chi connectivity index (χ4n) is 8.14. The lowest BCUT2D eigenvalue weighted by Gasteiger charge is -2.40. The van der Waals surface area contributed by atoms with Gasteiger partial charge in [0.25, 0.3) is 0 Å². The van der Waals surface area contributed by atoms with Crippen molar-refractivity contribution >= 4 is 23.9 Å². The summed E-state index contributed by atoms with van der Waals surface area (Å²) < 4.78 is 28.3. The number of aliphatic hydroxyl groups is 2. The predicted octanol–water partition coefficient (Wildman–Crippen LogP) is 13.4. The van der Waals surface area contributed by atoms with Crippen LogP contribution in [0.25, 0.3) is 0 Å². The van der Waals surface area contributed by atoms with E-state index < -0.39 is 67.3 Å². The normalized spacial score (nSPS) is 19.0. The molecule has 3 N–H and O–H groups in total. The molecule has 0 aromatic carbocycles. The number of ether oxygens (including phenoxy) is 5. The molecule has 0 aromatic rings. The number of aliphatic carboxylic acids is 1. The maximum Gasteiger partial charge on any atom is 0.335 e. The first-order valence-electron chi connectivity index (χ1n) is 27.6.